The van der Waals surface area contributed by atoms with Crippen molar-refractivity contribution in [2.75, 3.05) is 0 Å². The number of aldehydes is 1. The van der Waals surface area contributed by atoms with E-state index in [1.807, 2.05) is 27.7 Å². The molecule has 0 amide bonds. The third kappa shape index (κ3) is 5.09. The SMILES string of the molecule is CC.CC.O=Cc1ccc(O)c([N+](=O)[O-])c1. The van der Waals surface area contributed by atoms with E-state index in [2.05, 4.69) is 0 Å². The lowest BCUT2D eigenvalue weighted by Crippen LogP contribution is -1.90. The van der Waals surface area contributed by atoms with Crippen molar-refractivity contribution in [3.63, 3.8) is 0 Å². The fraction of sp³-hybridized carbons (Fsp3) is 0.364. The quantitative estimate of drug-likeness (QED) is 0.478. The maximum Gasteiger partial charge on any atom is 0.311 e. The van der Waals surface area contributed by atoms with Crippen LogP contribution in [-0.4, -0.2) is 16.3 Å². The van der Waals surface area contributed by atoms with Gasteiger partial charge in [-0.3, -0.25) is 14.9 Å². The molecule has 0 saturated heterocycles. The van der Waals surface area contributed by atoms with Crippen LogP contribution in [0.5, 0.6) is 5.75 Å². The minimum absolute atomic E-state index is 0.166. The highest BCUT2D eigenvalue weighted by molar-refractivity contribution is 5.77. The average Bonchev–Trinajstić information content (AvgIpc) is 2.34. The van der Waals surface area contributed by atoms with Gasteiger partial charge in [0.05, 0.1) is 4.92 Å². The predicted octanol–water partition coefficient (Wildman–Crippen LogP) is 3.17. The van der Waals surface area contributed by atoms with Gasteiger partial charge in [-0.25, -0.2) is 0 Å². The second kappa shape index (κ2) is 9.64. The van der Waals surface area contributed by atoms with Gasteiger partial charge in [0, 0.05) is 11.6 Å². The number of phenols is 1. The Kier molecular flexibility index (Phi) is 9.95. The number of hydrogen-bond acceptors (Lipinski definition) is 4. The molecule has 0 radical (unpaired) electrons. The van der Waals surface area contributed by atoms with Crippen LogP contribution >= 0.6 is 0 Å². The van der Waals surface area contributed by atoms with E-state index >= 15 is 0 Å². The summed E-state index contributed by atoms with van der Waals surface area (Å²) in [5.74, 6) is -0.439. The van der Waals surface area contributed by atoms with Crippen LogP contribution in [0.4, 0.5) is 5.69 Å². The van der Waals surface area contributed by atoms with Crippen LogP contribution in [-0.2, 0) is 0 Å². The van der Waals surface area contributed by atoms with Crippen molar-refractivity contribution in [2.45, 2.75) is 27.7 Å². The van der Waals surface area contributed by atoms with E-state index in [1.165, 1.54) is 6.07 Å². The Morgan fingerprint density at radius 3 is 2.12 bits per heavy atom. The normalized spacial score (nSPS) is 7.75. The molecule has 0 saturated carbocycles. The van der Waals surface area contributed by atoms with Crippen LogP contribution in [0, 0.1) is 10.1 Å². The number of carbonyl (C=O) groups is 1. The monoisotopic (exact) mass is 227 g/mol. The van der Waals surface area contributed by atoms with Gasteiger partial charge in [0.2, 0.25) is 0 Å². The molecule has 0 aliphatic heterocycles. The first kappa shape index (κ1) is 16.5. The van der Waals surface area contributed by atoms with Crippen LogP contribution in [0.15, 0.2) is 18.2 Å². The molecule has 0 unspecified atom stereocenters. The highest BCUT2D eigenvalue weighted by Gasteiger charge is 2.12. The zero-order valence-electron chi connectivity index (χ0n) is 9.93. The predicted molar refractivity (Wildman–Crippen MR) is 62.8 cm³/mol. The zero-order valence-corrected chi connectivity index (χ0v) is 9.93. The van der Waals surface area contributed by atoms with Crippen LogP contribution in [0.2, 0.25) is 0 Å². The van der Waals surface area contributed by atoms with E-state index in [4.69, 9.17) is 5.11 Å². The van der Waals surface area contributed by atoms with E-state index in [-0.39, 0.29) is 5.56 Å². The highest BCUT2D eigenvalue weighted by Crippen LogP contribution is 2.25. The summed E-state index contributed by atoms with van der Waals surface area (Å²) in [4.78, 5) is 19.7. The first-order chi connectivity index (χ1) is 7.65. The molecule has 1 aromatic carbocycles. The summed E-state index contributed by atoms with van der Waals surface area (Å²) in [6.45, 7) is 8.00. The molecular formula is C11H17NO4. The Labute approximate surface area is 94.9 Å². The van der Waals surface area contributed by atoms with Crippen molar-refractivity contribution in [3.8, 4) is 5.75 Å². The van der Waals surface area contributed by atoms with E-state index < -0.39 is 16.4 Å². The largest absolute Gasteiger partial charge is 0.502 e. The van der Waals surface area contributed by atoms with Gasteiger partial charge in [0.1, 0.15) is 6.29 Å². The summed E-state index contributed by atoms with van der Waals surface area (Å²) in [6, 6.07) is 3.43. The molecule has 1 rings (SSSR count). The van der Waals surface area contributed by atoms with Gasteiger partial charge in [0.25, 0.3) is 0 Å². The van der Waals surface area contributed by atoms with Crippen LogP contribution in [0.3, 0.4) is 0 Å². The summed E-state index contributed by atoms with van der Waals surface area (Å²) < 4.78 is 0. The third-order valence-corrected chi connectivity index (χ3v) is 1.33. The smallest absolute Gasteiger partial charge is 0.311 e. The molecule has 0 aliphatic carbocycles. The number of aromatic hydroxyl groups is 1. The molecule has 1 aromatic rings. The van der Waals surface area contributed by atoms with Crippen LogP contribution < -0.4 is 0 Å². The number of nitro benzene ring substituents is 1. The van der Waals surface area contributed by atoms with Gasteiger partial charge >= 0.3 is 5.69 Å². The zero-order chi connectivity index (χ0) is 13.1. The number of phenolic OH excluding ortho intramolecular Hbond substituents is 1. The van der Waals surface area contributed by atoms with Crippen LogP contribution in [0.25, 0.3) is 0 Å². The Balaban J connectivity index is 0. The molecular weight excluding hydrogens is 210 g/mol. The van der Waals surface area contributed by atoms with E-state index in [0.717, 1.165) is 12.1 Å². The first-order valence-corrected chi connectivity index (χ1v) is 5.07. The van der Waals surface area contributed by atoms with Crippen molar-refractivity contribution in [1.82, 2.24) is 0 Å². The van der Waals surface area contributed by atoms with Gasteiger partial charge in [0.15, 0.2) is 5.75 Å². The number of rotatable bonds is 2. The Morgan fingerprint density at radius 2 is 1.75 bits per heavy atom. The molecule has 0 heterocycles. The van der Waals surface area contributed by atoms with Crippen molar-refractivity contribution in [3.05, 3.63) is 33.9 Å². The molecule has 0 spiro atoms. The Bertz CT molecular complexity index is 337. The standard InChI is InChI=1S/C7H5NO4.2C2H6/c9-4-5-1-2-7(10)6(3-5)8(11)12;2*1-2/h1-4,10H;2*1-2H3. The maximum absolute atomic E-state index is 10.2. The number of hydrogen-bond donors (Lipinski definition) is 1. The molecule has 0 atom stereocenters. The van der Waals surface area contributed by atoms with Crippen LogP contribution in [0.1, 0.15) is 38.1 Å². The van der Waals surface area contributed by atoms with Gasteiger partial charge in [-0.15, -0.1) is 0 Å². The van der Waals surface area contributed by atoms with Crippen molar-refractivity contribution < 1.29 is 14.8 Å². The fourth-order valence-corrected chi connectivity index (χ4v) is 0.760. The van der Waals surface area contributed by atoms with Gasteiger partial charge in [-0.05, 0) is 12.1 Å². The second-order valence-electron chi connectivity index (χ2n) is 2.12. The molecule has 0 bridgehead atoms. The number of nitro groups is 1. The first-order valence-electron chi connectivity index (χ1n) is 5.07. The minimum atomic E-state index is -0.748. The lowest BCUT2D eigenvalue weighted by atomic mass is 10.2. The van der Waals surface area contributed by atoms with Crippen molar-refractivity contribution in [2.24, 2.45) is 0 Å². The summed E-state index contributed by atoms with van der Waals surface area (Å²) in [7, 11) is 0. The van der Waals surface area contributed by atoms with E-state index in [0.29, 0.717) is 6.29 Å². The summed E-state index contributed by atoms with van der Waals surface area (Å²) in [5, 5.41) is 19.2. The molecule has 5 nitrogen and oxygen atoms in total. The maximum atomic E-state index is 10.2. The van der Waals surface area contributed by atoms with E-state index in [9.17, 15) is 14.9 Å². The molecule has 16 heavy (non-hydrogen) atoms. The summed E-state index contributed by atoms with van der Waals surface area (Å²) in [6.07, 6.45) is 0.479. The highest BCUT2D eigenvalue weighted by atomic mass is 16.6. The third-order valence-electron chi connectivity index (χ3n) is 1.33. The fourth-order valence-electron chi connectivity index (χ4n) is 0.760. The number of nitrogens with zero attached hydrogens (tertiary/aromatic N) is 1. The van der Waals surface area contributed by atoms with Gasteiger partial charge < -0.3 is 5.11 Å². The van der Waals surface area contributed by atoms with Gasteiger partial charge in [-0.2, -0.15) is 0 Å². The average molecular weight is 227 g/mol. The Morgan fingerprint density at radius 1 is 1.25 bits per heavy atom. The summed E-state index contributed by atoms with van der Waals surface area (Å²) >= 11 is 0. The second-order valence-corrected chi connectivity index (χ2v) is 2.12. The lowest BCUT2D eigenvalue weighted by Gasteiger charge is -1.94. The lowest BCUT2D eigenvalue weighted by molar-refractivity contribution is -0.385. The molecule has 0 fully saturated rings. The number of benzene rings is 1. The molecule has 0 aromatic heterocycles. The van der Waals surface area contributed by atoms with Crippen molar-refractivity contribution >= 4 is 12.0 Å². The topological polar surface area (TPSA) is 80.4 Å². The molecule has 0 aliphatic rings. The molecule has 5 heteroatoms. The minimum Gasteiger partial charge on any atom is -0.502 e. The molecule has 1 N–H and O–H groups in total. The number of carbonyl (C=O) groups excluding carboxylic acids is 1. The Hall–Kier alpha value is -1.91. The summed E-state index contributed by atoms with van der Waals surface area (Å²) in [5.41, 5.74) is -0.292. The van der Waals surface area contributed by atoms with E-state index in [1.54, 1.807) is 0 Å². The van der Waals surface area contributed by atoms with Gasteiger partial charge in [-0.1, -0.05) is 27.7 Å². The van der Waals surface area contributed by atoms with Crippen molar-refractivity contribution in [1.29, 1.82) is 0 Å². The molecule has 90 valence electrons.